The number of rotatable bonds is 5. The second kappa shape index (κ2) is 7.39. The van der Waals surface area contributed by atoms with Crippen LogP contribution in [-0.4, -0.2) is 57.9 Å². The average molecular weight is 353 g/mol. The van der Waals surface area contributed by atoms with Gasteiger partial charge in [-0.1, -0.05) is 42.4 Å². The first-order chi connectivity index (χ1) is 12.7. The summed E-state index contributed by atoms with van der Waals surface area (Å²) >= 11 is 0. The Morgan fingerprint density at radius 2 is 1.73 bits per heavy atom. The largest absolute Gasteiger partial charge is 0.419 e. The van der Waals surface area contributed by atoms with E-state index in [1.807, 2.05) is 37.3 Å². The summed E-state index contributed by atoms with van der Waals surface area (Å²) in [5.41, 5.74) is 2.47. The summed E-state index contributed by atoms with van der Waals surface area (Å²) in [5.74, 6) is 1.77. The third-order valence-corrected chi connectivity index (χ3v) is 4.86. The number of piperazine rings is 1. The highest BCUT2D eigenvalue weighted by Crippen LogP contribution is 2.33. The maximum atomic E-state index is 5.95. The van der Waals surface area contributed by atoms with Crippen molar-refractivity contribution in [1.29, 1.82) is 0 Å². The van der Waals surface area contributed by atoms with Crippen molar-refractivity contribution >= 4 is 0 Å². The van der Waals surface area contributed by atoms with Crippen LogP contribution in [0.4, 0.5) is 0 Å². The molecule has 0 aliphatic carbocycles. The molecule has 0 saturated carbocycles. The summed E-state index contributed by atoms with van der Waals surface area (Å²) in [6, 6.07) is 9.90. The van der Waals surface area contributed by atoms with Crippen molar-refractivity contribution in [2.75, 3.05) is 32.7 Å². The summed E-state index contributed by atoms with van der Waals surface area (Å²) in [6.07, 6.45) is 0. The molecule has 0 spiro atoms. The van der Waals surface area contributed by atoms with Gasteiger partial charge in [0.1, 0.15) is 17.0 Å². The first-order valence-corrected chi connectivity index (χ1v) is 9.03. The predicted octanol–water partition coefficient (Wildman–Crippen LogP) is 2.84. The van der Waals surface area contributed by atoms with Gasteiger partial charge in [0.25, 0.3) is 5.89 Å². The molecule has 3 heterocycles. The Bertz CT molecular complexity index is 850. The molecule has 0 unspecified atom stereocenters. The second-order valence-electron chi connectivity index (χ2n) is 6.54. The molecular weight excluding hydrogens is 330 g/mol. The number of aryl methyl sites for hydroxylation is 1. The molecule has 1 aliphatic heterocycles. The molecule has 1 saturated heterocycles. The smallest absolute Gasteiger partial charge is 0.253 e. The Hall–Kier alpha value is -2.51. The van der Waals surface area contributed by atoms with Gasteiger partial charge in [0, 0.05) is 31.7 Å². The van der Waals surface area contributed by atoms with Crippen LogP contribution in [-0.2, 0) is 6.54 Å². The topological polar surface area (TPSA) is 71.4 Å². The van der Waals surface area contributed by atoms with Crippen LogP contribution in [0.1, 0.15) is 18.6 Å². The van der Waals surface area contributed by atoms with Crippen molar-refractivity contribution < 1.29 is 8.94 Å². The third kappa shape index (κ3) is 3.40. The van der Waals surface area contributed by atoms with Gasteiger partial charge in [0.2, 0.25) is 5.89 Å². The van der Waals surface area contributed by atoms with E-state index in [9.17, 15) is 0 Å². The molecular formula is C19H23N5O2. The molecule has 1 aromatic carbocycles. The molecule has 0 N–H and O–H groups in total. The monoisotopic (exact) mass is 353 g/mol. The maximum Gasteiger partial charge on any atom is 0.253 e. The highest BCUT2D eigenvalue weighted by atomic mass is 16.5. The number of nitrogens with zero attached hydrogens (tertiary/aromatic N) is 5. The average Bonchev–Trinajstić information content (AvgIpc) is 3.29. The Kier molecular flexibility index (Phi) is 4.81. The van der Waals surface area contributed by atoms with Gasteiger partial charge in [-0.15, -0.1) is 10.2 Å². The van der Waals surface area contributed by atoms with Crippen LogP contribution in [0.3, 0.4) is 0 Å². The molecule has 26 heavy (non-hydrogen) atoms. The fraction of sp³-hybridized carbons (Fsp3) is 0.421. The molecule has 1 fully saturated rings. The minimum Gasteiger partial charge on any atom is -0.419 e. The summed E-state index contributed by atoms with van der Waals surface area (Å²) in [4.78, 5) is 4.80. The van der Waals surface area contributed by atoms with Gasteiger partial charge in [0.15, 0.2) is 0 Å². The van der Waals surface area contributed by atoms with Gasteiger partial charge < -0.3 is 13.8 Å². The number of hydrogen-bond acceptors (Lipinski definition) is 7. The highest BCUT2D eigenvalue weighted by molar-refractivity contribution is 5.77. The number of likely N-dealkylation sites (N-methyl/N-ethyl adjacent to an activating group) is 1. The predicted molar refractivity (Wildman–Crippen MR) is 97.4 cm³/mol. The number of aromatic nitrogens is 3. The summed E-state index contributed by atoms with van der Waals surface area (Å²) in [6.45, 7) is 10.1. The van der Waals surface area contributed by atoms with E-state index in [2.05, 4.69) is 32.1 Å². The van der Waals surface area contributed by atoms with E-state index < -0.39 is 0 Å². The normalized spacial score (nSPS) is 16.2. The third-order valence-electron chi connectivity index (χ3n) is 4.86. The van der Waals surface area contributed by atoms with Crippen LogP contribution in [0, 0.1) is 6.92 Å². The SMILES string of the molecule is CCN1CCN(Cc2nnc(-c3c(-c4ccccc4)noc3C)o2)CC1. The Morgan fingerprint density at radius 1 is 1.00 bits per heavy atom. The second-order valence-corrected chi connectivity index (χ2v) is 6.54. The maximum absolute atomic E-state index is 5.95. The molecule has 0 amide bonds. The Balaban J connectivity index is 1.53. The quantitative estimate of drug-likeness (QED) is 0.698. The van der Waals surface area contributed by atoms with E-state index in [4.69, 9.17) is 8.94 Å². The standard InChI is InChI=1S/C19H23N5O2/c1-3-23-9-11-24(12-10-23)13-16-20-21-19(25-16)17-14(2)26-22-18(17)15-7-5-4-6-8-15/h4-8H,3,9-13H2,1-2H3. The van der Waals surface area contributed by atoms with E-state index in [0.29, 0.717) is 24.1 Å². The minimum atomic E-state index is 0.463. The summed E-state index contributed by atoms with van der Waals surface area (Å²) < 4.78 is 11.3. The summed E-state index contributed by atoms with van der Waals surface area (Å²) in [7, 11) is 0. The molecule has 1 aliphatic rings. The Morgan fingerprint density at radius 3 is 2.46 bits per heavy atom. The van der Waals surface area contributed by atoms with E-state index in [1.54, 1.807) is 0 Å². The zero-order chi connectivity index (χ0) is 17.9. The fourth-order valence-electron chi connectivity index (χ4n) is 3.29. The minimum absolute atomic E-state index is 0.463. The van der Waals surface area contributed by atoms with E-state index in [-0.39, 0.29) is 0 Å². The lowest BCUT2D eigenvalue weighted by molar-refractivity contribution is 0.124. The van der Waals surface area contributed by atoms with Gasteiger partial charge >= 0.3 is 0 Å². The lowest BCUT2D eigenvalue weighted by atomic mass is 10.1. The van der Waals surface area contributed by atoms with Crippen LogP contribution in [0.15, 0.2) is 39.3 Å². The van der Waals surface area contributed by atoms with Gasteiger partial charge in [-0.2, -0.15) is 0 Å². The molecule has 7 heteroatoms. The van der Waals surface area contributed by atoms with E-state index >= 15 is 0 Å². The van der Waals surface area contributed by atoms with Gasteiger partial charge in [-0.25, -0.2) is 0 Å². The van der Waals surface area contributed by atoms with Crippen LogP contribution in [0.5, 0.6) is 0 Å². The first kappa shape index (κ1) is 16.9. The molecule has 0 bridgehead atoms. The van der Waals surface area contributed by atoms with Crippen LogP contribution in [0.2, 0.25) is 0 Å². The lowest BCUT2D eigenvalue weighted by Crippen LogP contribution is -2.45. The molecule has 2 aromatic heterocycles. The van der Waals surface area contributed by atoms with Crippen molar-refractivity contribution in [1.82, 2.24) is 25.2 Å². The highest BCUT2D eigenvalue weighted by Gasteiger charge is 2.23. The van der Waals surface area contributed by atoms with Crippen molar-refractivity contribution in [2.45, 2.75) is 20.4 Å². The van der Waals surface area contributed by atoms with Gasteiger partial charge in [-0.3, -0.25) is 4.90 Å². The van der Waals surface area contributed by atoms with E-state index in [1.165, 1.54) is 0 Å². The Labute approximate surface area is 152 Å². The zero-order valence-electron chi connectivity index (χ0n) is 15.2. The summed E-state index contributed by atoms with van der Waals surface area (Å²) in [5, 5.41) is 12.7. The van der Waals surface area contributed by atoms with Gasteiger partial charge in [-0.05, 0) is 13.5 Å². The van der Waals surface area contributed by atoms with Crippen LogP contribution < -0.4 is 0 Å². The van der Waals surface area contributed by atoms with Crippen LogP contribution >= 0.6 is 0 Å². The van der Waals surface area contributed by atoms with Crippen LogP contribution in [0.25, 0.3) is 22.7 Å². The molecule has 3 aromatic rings. The van der Waals surface area contributed by atoms with Crippen molar-refractivity contribution in [3.05, 3.63) is 42.0 Å². The van der Waals surface area contributed by atoms with Crippen molar-refractivity contribution in [2.24, 2.45) is 0 Å². The number of hydrogen-bond donors (Lipinski definition) is 0. The van der Waals surface area contributed by atoms with Crippen molar-refractivity contribution in [3.8, 4) is 22.7 Å². The van der Waals surface area contributed by atoms with Gasteiger partial charge in [0.05, 0.1) is 6.54 Å². The zero-order valence-corrected chi connectivity index (χ0v) is 15.2. The molecule has 4 rings (SSSR count). The van der Waals surface area contributed by atoms with Crippen molar-refractivity contribution in [3.63, 3.8) is 0 Å². The molecule has 136 valence electrons. The van der Waals surface area contributed by atoms with E-state index in [0.717, 1.165) is 49.5 Å². The molecule has 0 atom stereocenters. The molecule has 0 radical (unpaired) electrons. The lowest BCUT2D eigenvalue weighted by Gasteiger charge is -2.33. The molecule has 7 nitrogen and oxygen atoms in total. The number of benzene rings is 1. The fourth-order valence-corrected chi connectivity index (χ4v) is 3.29. The first-order valence-electron chi connectivity index (χ1n) is 9.03.